The number of nitrogens with two attached hydrogens (primary N) is 1. The molecule has 0 unspecified atom stereocenters. The Morgan fingerprint density at radius 3 is 2.94 bits per heavy atom. The zero-order chi connectivity index (χ0) is 12.1. The van der Waals surface area contributed by atoms with Crippen LogP contribution in [0.1, 0.15) is 11.3 Å². The van der Waals surface area contributed by atoms with E-state index in [4.69, 9.17) is 5.73 Å². The minimum Gasteiger partial charge on any atom is -0.379 e. The number of aromatic nitrogens is 2. The highest BCUT2D eigenvalue weighted by Crippen LogP contribution is 2.16. The Hall–Kier alpha value is -1.95. The Labute approximate surface area is 103 Å². The third-order valence-corrected chi connectivity index (χ3v) is 2.80. The van der Waals surface area contributed by atoms with E-state index in [1.165, 1.54) is 11.5 Å². The molecule has 5 nitrogen and oxygen atoms in total. The van der Waals surface area contributed by atoms with Crippen LogP contribution in [-0.4, -0.2) is 15.5 Å². The van der Waals surface area contributed by atoms with Gasteiger partial charge in [0.2, 0.25) is 5.91 Å². The molecule has 2 rings (SSSR count). The van der Waals surface area contributed by atoms with Gasteiger partial charge in [0.15, 0.2) is 0 Å². The number of primary amides is 1. The first-order valence-electron chi connectivity index (χ1n) is 5.11. The first kappa shape index (κ1) is 11.5. The van der Waals surface area contributed by atoms with Crippen molar-refractivity contribution in [1.29, 1.82) is 0 Å². The summed E-state index contributed by atoms with van der Waals surface area (Å²) in [5.74, 6) is -0.338. The van der Waals surface area contributed by atoms with E-state index < -0.39 is 0 Å². The number of nitrogens with zero attached hydrogens (tertiary/aromatic N) is 2. The highest BCUT2D eigenvalue weighted by molar-refractivity contribution is 7.03. The van der Waals surface area contributed by atoms with Gasteiger partial charge < -0.3 is 11.1 Å². The lowest BCUT2D eigenvalue weighted by molar-refractivity contribution is -0.117. The molecule has 1 aromatic carbocycles. The molecule has 1 amide bonds. The molecule has 0 aliphatic carbocycles. The van der Waals surface area contributed by atoms with Crippen molar-refractivity contribution in [2.75, 3.05) is 5.32 Å². The van der Waals surface area contributed by atoms with Crippen molar-refractivity contribution in [2.24, 2.45) is 5.73 Å². The average molecular weight is 248 g/mol. The van der Waals surface area contributed by atoms with Gasteiger partial charge in [-0.1, -0.05) is 22.7 Å². The Kier molecular flexibility index (Phi) is 3.66. The fourth-order valence-electron chi connectivity index (χ4n) is 1.48. The lowest BCUT2D eigenvalue weighted by atomic mass is 10.1. The van der Waals surface area contributed by atoms with Crippen molar-refractivity contribution >= 4 is 23.1 Å². The number of anilines is 1. The summed E-state index contributed by atoms with van der Waals surface area (Å²) in [6.45, 7) is 0.590. The predicted octanol–water partition coefficient (Wildman–Crippen LogP) is 1.18. The molecule has 3 N–H and O–H groups in total. The Morgan fingerprint density at radius 1 is 1.41 bits per heavy atom. The fraction of sp³-hybridized carbons (Fsp3) is 0.182. The SMILES string of the molecule is NC(=O)Cc1ccccc1NCc1csnn1. The Bertz CT molecular complexity index is 498. The van der Waals surface area contributed by atoms with Gasteiger partial charge in [0.1, 0.15) is 0 Å². The normalized spacial score (nSPS) is 10.1. The van der Waals surface area contributed by atoms with Crippen LogP contribution in [0.5, 0.6) is 0 Å². The molecule has 0 fully saturated rings. The van der Waals surface area contributed by atoms with E-state index in [0.29, 0.717) is 6.54 Å². The minimum absolute atomic E-state index is 0.235. The molecule has 6 heteroatoms. The van der Waals surface area contributed by atoms with Gasteiger partial charge in [0, 0.05) is 11.1 Å². The largest absolute Gasteiger partial charge is 0.379 e. The zero-order valence-electron chi connectivity index (χ0n) is 9.09. The molecule has 1 heterocycles. The first-order valence-corrected chi connectivity index (χ1v) is 5.95. The van der Waals surface area contributed by atoms with Crippen molar-refractivity contribution < 1.29 is 4.79 Å². The van der Waals surface area contributed by atoms with Crippen molar-refractivity contribution in [3.8, 4) is 0 Å². The maximum Gasteiger partial charge on any atom is 0.221 e. The first-order chi connectivity index (χ1) is 8.25. The quantitative estimate of drug-likeness (QED) is 0.832. The van der Waals surface area contributed by atoms with Crippen molar-refractivity contribution in [3.63, 3.8) is 0 Å². The summed E-state index contributed by atoms with van der Waals surface area (Å²) in [5, 5.41) is 9.03. The van der Waals surface area contributed by atoms with Crippen LogP contribution in [0.25, 0.3) is 0 Å². The smallest absolute Gasteiger partial charge is 0.221 e. The number of para-hydroxylation sites is 1. The number of hydrogen-bond donors (Lipinski definition) is 2. The van der Waals surface area contributed by atoms with Crippen LogP contribution in [-0.2, 0) is 17.8 Å². The molecule has 0 bridgehead atoms. The molecule has 2 aromatic rings. The topological polar surface area (TPSA) is 80.9 Å². The van der Waals surface area contributed by atoms with E-state index in [-0.39, 0.29) is 12.3 Å². The van der Waals surface area contributed by atoms with Crippen LogP contribution in [0.4, 0.5) is 5.69 Å². The number of nitrogens with one attached hydrogen (secondary N) is 1. The second kappa shape index (κ2) is 5.40. The van der Waals surface area contributed by atoms with Crippen LogP contribution in [0, 0.1) is 0 Å². The molecular weight excluding hydrogens is 236 g/mol. The molecule has 0 saturated heterocycles. The third kappa shape index (κ3) is 3.25. The van der Waals surface area contributed by atoms with Gasteiger partial charge in [-0.05, 0) is 23.2 Å². The van der Waals surface area contributed by atoms with Crippen molar-refractivity contribution in [2.45, 2.75) is 13.0 Å². The Morgan fingerprint density at radius 2 is 2.24 bits per heavy atom. The molecule has 88 valence electrons. The summed E-state index contributed by atoms with van der Waals surface area (Å²) >= 11 is 1.31. The lowest BCUT2D eigenvalue weighted by Crippen LogP contribution is -2.15. The summed E-state index contributed by atoms with van der Waals surface area (Å²) < 4.78 is 3.78. The molecule has 0 aliphatic rings. The number of amides is 1. The minimum atomic E-state index is -0.338. The molecule has 0 atom stereocenters. The highest BCUT2D eigenvalue weighted by Gasteiger charge is 2.05. The maximum absolute atomic E-state index is 10.9. The van der Waals surface area contributed by atoms with E-state index in [1.54, 1.807) is 0 Å². The molecule has 0 aliphatic heterocycles. The summed E-state index contributed by atoms with van der Waals surface area (Å²) in [6, 6.07) is 7.59. The average Bonchev–Trinajstić information content (AvgIpc) is 2.80. The number of rotatable bonds is 5. The maximum atomic E-state index is 10.9. The van der Waals surface area contributed by atoms with E-state index in [1.807, 2.05) is 29.6 Å². The molecule has 1 aromatic heterocycles. The number of benzene rings is 1. The van der Waals surface area contributed by atoms with Gasteiger partial charge in [0.05, 0.1) is 18.7 Å². The highest BCUT2D eigenvalue weighted by atomic mass is 32.1. The van der Waals surface area contributed by atoms with E-state index >= 15 is 0 Å². The van der Waals surface area contributed by atoms with Crippen LogP contribution >= 0.6 is 11.5 Å². The molecule has 0 spiro atoms. The van der Waals surface area contributed by atoms with Crippen LogP contribution in [0.15, 0.2) is 29.6 Å². The molecule has 0 radical (unpaired) electrons. The zero-order valence-corrected chi connectivity index (χ0v) is 9.91. The van der Waals surface area contributed by atoms with Gasteiger partial charge in [0.25, 0.3) is 0 Å². The van der Waals surface area contributed by atoms with Gasteiger partial charge in [-0.2, -0.15) is 0 Å². The van der Waals surface area contributed by atoms with Crippen molar-refractivity contribution in [3.05, 3.63) is 40.9 Å². The molecule has 0 saturated carbocycles. The van der Waals surface area contributed by atoms with Crippen LogP contribution < -0.4 is 11.1 Å². The number of carbonyl (C=O) groups is 1. The molecular formula is C11H12N4OS. The summed E-state index contributed by atoms with van der Waals surface area (Å²) in [5.41, 5.74) is 7.87. The van der Waals surface area contributed by atoms with Crippen molar-refractivity contribution in [1.82, 2.24) is 9.59 Å². The summed E-state index contributed by atoms with van der Waals surface area (Å²) in [6.07, 6.45) is 0.235. The Balaban J connectivity index is 2.06. The summed E-state index contributed by atoms with van der Waals surface area (Å²) in [4.78, 5) is 10.9. The fourth-order valence-corrected chi connectivity index (χ4v) is 1.93. The molecule has 17 heavy (non-hydrogen) atoms. The monoisotopic (exact) mass is 248 g/mol. The van der Waals surface area contributed by atoms with E-state index in [2.05, 4.69) is 14.9 Å². The third-order valence-electron chi connectivity index (χ3n) is 2.25. The second-order valence-electron chi connectivity index (χ2n) is 3.55. The van der Waals surface area contributed by atoms with Gasteiger partial charge >= 0.3 is 0 Å². The summed E-state index contributed by atoms with van der Waals surface area (Å²) in [7, 11) is 0. The van der Waals surface area contributed by atoms with Gasteiger partial charge in [-0.25, -0.2) is 0 Å². The number of carbonyl (C=O) groups excluding carboxylic acids is 1. The van der Waals surface area contributed by atoms with E-state index in [9.17, 15) is 4.79 Å². The second-order valence-corrected chi connectivity index (χ2v) is 4.16. The van der Waals surface area contributed by atoms with E-state index in [0.717, 1.165) is 16.9 Å². The van der Waals surface area contributed by atoms with Gasteiger partial charge in [-0.15, -0.1) is 5.10 Å². The van der Waals surface area contributed by atoms with Crippen LogP contribution in [0.2, 0.25) is 0 Å². The van der Waals surface area contributed by atoms with Crippen LogP contribution in [0.3, 0.4) is 0 Å². The van der Waals surface area contributed by atoms with Gasteiger partial charge in [-0.3, -0.25) is 4.79 Å². The predicted molar refractivity (Wildman–Crippen MR) is 66.6 cm³/mol. The lowest BCUT2D eigenvalue weighted by Gasteiger charge is -2.09. The number of hydrogen-bond acceptors (Lipinski definition) is 5. The standard InChI is InChI=1S/C11H12N4OS/c12-11(16)5-8-3-1-2-4-10(8)13-6-9-7-17-15-14-9/h1-4,7,13H,5-6H2,(H2,12,16).